The molecule has 1 unspecified atom stereocenters. The van der Waals surface area contributed by atoms with Gasteiger partial charge in [-0.25, -0.2) is 0 Å². The number of nitrogens with two attached hydrogens (primary N) is 1. The van der Waals surface area contributed by atoms with Gasteiger partial charge in [-0.2, -0.15) is 5.10 Å². The van der Waals surface area contributed by atoms with Gasteiger partial charge >= 0.3 is 0 Å². The van der Waals surface area contributed by atoms with Crippen LogP contribution in [0, 0.1) is 0 Å². The molecule has 0 saturated heterocycles. The van der Waals surface area contributed by atoms with Crippen LogP contribution in [0.1, 0.15) is 19.4 Å². The first-order valence-electron chi connectivity index (χ1n) is 5.53. The van der Waals surface area contributed by atoms with E-state index in [0.29, 0.717) is 5.15 Å². The van der Waals surface area contributed by atoms with Crippen LogP contribution in [0.25, 0.3) is 10.9 Å². The third-order valence-electron chi connectivity index (χ3n) is 2.63. The van der Waals surface area contributed by atoms with Crippen LogP contribution in [0.3, 0.4) is 0 Å². The van der Waals surface area contributed by atoms with E-state index in [0.717, 1.165) is 23.9 Å². The summed E-state index contributed by atoms with van der Waals surface area (Å²) in [6.45, 7) is 4.81. The smallest absolute Gasteiger partial charge is 0.135 e. The van der Waals surface area contributed by atoms with Gasteiger partial charge in [0, 0.05) is 18.0 Å². The topological polar surface area (TPSA) is 43.8 Å². The zero-order valence-electron chi connectivity index (χ0n) is 9.57. The van der Waals surface area contributed by atoms with Gasteiger partial charge in [0.15, 0.2) is 0 Å². The van der Waals surface area contributed by atoms with Crippen molar-refractivity contribution in [2.24, 2.45) is 5.73 Å². The molecule has 0 aliphatic carbocycles. The summed E-state index contributed by atoms with van der Waals surface area (Å²) in [4.78, 5) is 0. The van der Waals surface area contributed by atoms with E-state index in [1.165, 1.54) is 5.56 Å². The molecule has 0 fully saturated rings. The Morgan fingerprint density at radius 3 is 2.88 bits per heavy atom. The number of fused-ring (bicyclic) bond motifs is 1. The fraction of sp³-hybridized carbons (Fsp3) is 0.417. The van der Waals surface area contributed by atoms with E-state index >= 15 is 0 Å². The average molecular weight is 238 g/mol. The van der Waals surface area contributed by atoms with Gasteiger partial charge in [-0.05, 0) is 31.9 Å². The van der Waals surface area contributed by atoms with E-state index in [9.17, 15) is 0 Å². The van der Waals surface area contributed by atoms with E-state index in [-0.39, 0.29) is 6.04 Å². The highest BCUT2D eigenvalue weighted by molar-refractivity contribution is 6.34. The zero-order valence-corrected chi connectivity index (χ0v) is 10.3. The van der Waals surface area contributed by atoms with E-state index in [1.807, 2.05) is 30.7 Å². The Balaban J connectivity index is 2.61. The van der Waals surface area contributed by atoms with Crippen LogP contribution in [0.4, 0.5) is 0 Å². The normalized spacial score (nSPS) is 13.2. The fourth-order valence-corrected chi connectivity index (χ4v) is 2.31. The van der Waals surface area contributed by atoms with Crippen molar-refractivity contribution in [1.29, 1.82) is 0 Å². The van der Waals surface area contributed by atoms with Crippen LogP contribution in [-0.4, -0.2) is 15.8 Å². The second-order valence-electron chi connectivity index (χ2n) is 4.10. The molecule has 0 aliphatic heterocycles. The van der Waals surface area contributed by atoms with Crippen LogP contribution in [0.15, 0.2) is 18.2 Å². The molecule has 1 aromatic heterocycles. The number of rotatable bonds is 3. The molecule has 0 radical (unpaired) electrons. The molecular weight excluding hydrogens is 222 g/mol. The summed E-state index contributed by atoms with van der Waals surface area (Å²) in [6.07, 6.45) is 0.826. The molecule has 2 N–H and O–H groups in total. The number of hydrogen-bond donors (Lipinski definition) is 1. The van der Waals surface area contributed by atoms with Crippen molar-refractivity contribution in [1.82, 2.24) is 9.78 Å². The second kappa shape index (κ2) is 4.44. The monoisotopic (exact) mass is 237 g/mol. The quantitative estimate of drug-likeness (QED) is 0.892. The van der Waals surface area contributed by atoms with E-state index in [4.69, 9.17) is 17.3 Å². The first kappa shape index (κ1) is 11.4. The second-order valence-corrected chi connectivity index (χ2v) is 4.46. The third kappa shape index (κ3) is 1.93. The summed E-state index contributed by atoms with van der Waals surface area (Å²) >= 11 is 6.31. The lowest BCUT2D eigenvalue weighted by molar-refractivity contribution is 0.668. The molecule has 16 heavy (non-hydrogen) atoms. The number of aryl methyl sites for hydroxylation is 1. The maximum absolute atomic E-state index is 6.31. The molecule has 0 aliphatic rings. The van der Waals surface area contributed by atoms with E-state index < -0.39 is 0 Å². The van der Waals surface area contributed by atoms with E-state index in [2.05, 4.69) is 11.2 Å². The molecule has 86 valence electrons. The average Bonchev–Trinajstić information content (AvgIpc) is 2.56. The predicted octanol–water partition coefficient (Wildman–Crippen LogP) is 2.60. The Morgan fingerprint density at radius 2 is 2.25 bits per heavy atom. The van der Waals surface area contributed by atoms with Crippen molar-refractivity contribution in [3.8, 4) is 0 Å². The first-order valence-corrected chi connectivity index (χ1v) is 5.90. The fourth-order valence-electron chi connectivity index (χ4n) is 1.94. The maximum atomic E-state index is 6.31. The van der Waals surface area contributed by atoms with Crippen LogP contribution < -0.4 is 5.73 Å². The Labute approximate surface area is 100 Å². The molecule has 3 nitrogen and oxygen atoms in total. The molecule has 2 rings (SSSR count). The van der Waals surface area contributed by atoms with Crippen molar-refractivity contribution in [2.45, 2.75) is 32.9 Å². The Bertz CT molecular complexity index is 502. The van der Waals surface area contributed by atoms with Crippen molar-refractivity contribution in [3.63, 3.8) is 0 Å². The highest BCUT2D eigenvalue weighted by Crippen LogP contribution is 2.27. The minimum absolute atomic E-state index is 0.131. The number of halogens is 1. The van der Waals surface area contributed by atoms with Crippen LogP contribution in [0.5, 0.6) is 0 Å². The Kier molecular flexibility index (Phi) is 3.17. The van der Waals surface area contributed by atoms with Crippen LogP contribution in [0.2, 0.25) is 5.15 Å². The SMILES string of the molecule is CCn1nc2cccc(CC(C)N)c2c1Cl. The number of nitrogens with zero attached hydrogens (tertiary/aromatic N) is 2. The summed E-state index contributed by atoms with van der Waals surface area (Å²) in [5.41, 5.74) is 7.96. The summed E-state index contributed by atoms with van der Waals surface area (Å²) in [5, 5.41) is 6.20. The predicted molar refractivity (Wildman–Crippen MR) is 67.8 cm³/mol. The number of benzene rings is 1. The van der Waals surface area contributed by atoms with Gasteiger partial charge in [0.05, 0.1) is 5.52 Å². The zero-order chi connectivity index (χ0) is 11.7. The van der Waals surface area contributed by atoms with E-state index in [1.54, 1.807) is 0 Å². The van der Waals surface area contributed by atoms with Crippen molar-refractivity contribution in [2.75, 3.05) is 0 Å². The molecule has 0 amide bonds. The first-order chi connectivity index (χ1) is 7.63. The van der Waals surface area contributed by atoms with Gasteiger partial charge in [-0.15, -0.1) is 0 Å². The van der Waals surface area contributed by atoms with Crippen molar-refractivity contribution in [3.05, 3.63) is 28.9 Å². The Morgan fingerprint density at radius 1 is 1.50 bits per heavy atom. The lowest BCUT2D eigenvalue weighted by atomic mass is 10.0. The molecule has 0 spiro atoms. The molecule has 2 aromatic rings. The maximum Gasteiger partial charge on any atom is 0.135 e. The summed E-state index contributed by atoms with van der Waals surface area (Å²) in [6, 6.07) is 6.19. The summed E-state index contributed by atoms with van der Waals surface area (Å²) < 4.78 is 1.82. The molecule has 4 heteroatoms. The molecule has 1 aromatic carbocycles. The van der Waals surface area contributed by atoms with Gasteiger partial charge in [0.1, 0.15) is 5.15 Å². The standard InChI is InChI=1S/C12H16ClN3/c1-3-16-12(13)11-9(7-8(2)14)5-4-6-10(11)15-16/h4-6,8H,3,7,14H2,1-2H3. The number of hydrogen-bond acceptors (Lipinski definition) is 2. The Hall–Kier alpha value is -1.06. The largest absolute Gasteiger partial charge is 0.328 e. The van der Waals surface area contributed by atoms with Gasteiger partial charge < -0.3 is 5.73 Å². The van der Waals surface area contributed by atoms with Gasteiger partial charge in [0.2, 0.25) is 0 Å². The lowest BCUT2D eigenvalue weighted by Crippen LogP contribution is -2.17. The minimum Gasteiger partial charge on any atom is -0.328 e. The van der Waals surface area contributed by atoms with Gasteiger partial charge in [0.25, 0.3) is 0 Å². The lowest BCUT2D eigenvalue weighted by Gasteiger charge is -2.06. The molecule has 1 atom stereocenters. The van der Waals surface area contributed by atoms with Crippen molar-refractivity contribution >= 4 is 22.5 Å². The molecule has 0 bridgehead atoms. The molecule has 1 heterocycles. The van der Waals surface area contributed by atoms with Crippen LogP contribution >= 0.6 is 11.6 Å². The summed E-state index contributed by atoms with van der Waals surface area (Å²) in [5.74, 6) is 0. The number of aromatic nitrogens is 2. The molecular formula is C12H16ClN3. The van der Waals surface area contributed by atoms with Gasteiger partial charge in [-0.3, -0.25) is 4.68 Å². The van der Waals surface area contributed by atoms with Crippen molar-refractivity contribution < 1.29 is 0 Å². The van der Waals surface area contributed by atoms with Crippen LogP contribution in [-0.2, 0) is 13.0 Å². The third-order valence-corrected chi connectivity index (χ3v) is 3.02. The minimum atomic E-state index is 0.131. The highest BCUT2D eigenvalue weighted by Gasteiger charge is 2.12. The van der Waals surface area contributed by atoms with Gasteiger partial charge in [-0.1, -0.05) is 23.7 Å². The summed E-state index contributed by atoms with van der Waals surface area (Å²) in [7, 11) is 0. The molecule has 0 saturated carbocycles. The highest BCUT2D eigenvalue weighted by atomic mass is 35.5.